The predicted octanol–water partition coefficient (Wildman–Crippen LogP) is 1.12. The van der Waals surface area contributed by atoms with Crippen LogP contribution in [0.1, 0.15) is 11.1 Å². The van der Waals surface area contributed by atoms with Gasteiger partial charge in [-0.2, -0.15) is 0 Å². The molecule has 0 aliphatic heterocycles. The molecular weight excluding hydrogens is 218 g/mol. The summed E-state index contributed by atoms with van der Waals surface area (Å²) in [5.41, 5.74) is 7.73. The number of carbonyl (C=O) groups excluding carboxylic acids is 1. The number of hydrogen-bond acceptors (Lipinski definition) is 4. The Morgan fingerprint density at radius 3 is 2.65 bits per heavy atom. The maximum absolute atomic E-state index is 11.4. The lowest BCUT2D eigenvalue weighted by Gasteiger charge is -2.12. The van der Waals surface area contributed by atoms with E-state index in [-0.39, 0.29) is 11.9 Å². The predicted molar refractivity (Wildman–Crippen MR) is 65.4 cm³/mol. The standard InChI is InChI=1S/C13H19NO3/c1-16-9-11-5-3-4-10(6-11)7-12(8-14)13(15)17-2/h3-6,12H,7-9,14H2,1-2H3. The van der Waals surface area contributed by atoms with Crippen LogP contribution < -0.4 is 5.73 Å². The molecule has 0 spiro atoms. The summed E-state index contributed by atoms with van der Waals surface area (Å²) in [7, 11) is 3.04. The van der Waals surface area contributed by atoms with Gasteiger partial charge in [-0.1, -0.05) is 24.3 Å². The van der Waals surface area contributed by atoms with E-state index in [0.29, 0.717) is 19.6 Å². The van der Waals surface area contributed by atoms with Gasteiger partial charge in [-0.15, -0.1) is 0 Å². The highest BCUT2D eigenvalue weighted by molar-refractivity contribution is 5.72. The Labute approximate surface area is 102 Å². The van der Waals surface area contributed by atoms with Gasteiger partial charge in [0.1, 0.15) is 0 Å². The summed E-state index contributed by atoms with van der Waals surface area (Å²) < 4.78 is 9.78. The van der Waals surface area contributed by atoms with Crippen molar-refractivity contribution in [2.24, 2.45) is 11.7 Å². The maximum Gasteiger partial charge on any atom is 0.310 e. The molecule has 1 rings (SSSR count). The van der Waals surface area contributed by atoms with Crippen LogP contribution in [0.4, 0.5) is 0 Å². The Balaban J connectivity index is 2.72. The summed E-state index contributed by atoms with van der Waals surface area (Å²) in [5, 5.41) is 0. The molecule has 1 aromatic carbocycles. The Morgan fingerprint density at radius 2 is 2.06 bits per heavy atom. The van der Waals surface area contributed by atoms with Crippen LogP contribution in [0.25, 0.3) is 0 Å². The molecule has 0 aromatic heterocycles. The van der Waals surface area contributed by atoms with Crippen molar-refractivity contribution in [3.05, 3.63) is 35.4 Å². The second-order valence-electron chi connectivity index (χ2n) is 3.91. The van der Waals surface area contributed by atoms with Crippen LogP contribution in [-0.2, 0) is 27.3 Å². The summed E-state index contributed by atoms with van der Waals surface area (Å²) in [6, 6.07) is 7.94. The van der Waals surface area contributed by atoms with Crippen molar-refractivity contribution in [3.8, 4) is 0 Å². The van der Waals surface area contributed by atoms with Crippen LogP contribution in [0, 0.1) is 5.92 Å². The van der Waals surface area contributed by atoms with E-state index >= 15 is 0 Å². The summed E-state index contributed by atoms with van der Waals surface area (Å²) in [6.07, 6.45) is 0.598. The molecule has 0 heterocycles. The zero-order chi connectivity index (χ0) is 12.7. The Bertz CT molecular complexity index is 365. The first-order chi connectivity index (χ1) is 8.21. The van der Waals surface area contributed by atoms with Crippen LogP contribution in [0.5, 0.6) is 0 Å². The smallest absolute Gasteiger partial charge is 0.310 e. The van der Waals surface area contributed by atoms with Gasteiger partial charge in [0.25, 0.3) is 0 Å². The third-order valence-corrected chi connectivity index (χ3v) is 2.60. The summed E-state index contributed by atoms with van der Waals surface area (Å²) >= 11 is 0. The molecule has 1 atom stereocenters. The molecule has 1 aromatic rings. The molecule has 0 bridgehead atoms. The van der Waals surface area contributed by atoms with Crippen LogP contribution in [0.2, 0.25) is 0 Å². The number of benzene rings is 1. The lowest BCUT2D eigenvalue weighted by atomic mass is 9.98. The van der Waals surface area contributed by atoms with E-state index < -0.39 is 0 Å². The minimum atomic E-state index is -0.280. The zero-order valence-electron chi connectivity index (χ0n) is 10.3. The van der Waals surface area contributed by atoms with Gasteiger partial charge in [0.2, 0.25) is 0 Å². The third-order valence-electron chi connectivity index (χ3n) is 2.60. The highest BCUT2D eigenvalue weighted by Gasteiger charge is 2.17. The Kier molecular flexibility index (Phi) is 5.66. The fourth-order valence-electron chi connectivity index (χ4n) is 1.73. The molecule has 0 radical (unpaired) electrons. The maximum atomic E-state index is 11.4. The largest absolute Gasteiger partial charge is 0.469 e. The number of carbonyl (C=O) groups is 1. The van der Waals surface area contributed by atoms with E-state index in [1.807, 2.05) is 24.3 Å². The fraction of sp³-hybridized carbons (Fsp3) is 0.462. The molecule has 0 fully saturated rings. The van der Waals surface area contributed by atoms with Crippen LogP contribution in [0.3, 0.4) is 0 Å². The number of ether oxygens (including phenoxy) is 2. The second kappa shape index (κ2) is 7.04. The van der Waals surface area contributed by atoms with Gasteiger partial charge in [0.05, 0.1) is 19.6 Å². The Morgan fingerprint density at radius 1 is 1.35 bits per heavy atom. The molecule has 1 unspecified atom stereocenters. The van der Waals surface area contributed by atoms with Crippen molar-refractivity contribution in [3.63, 3.8) is 0 Å². The van der Waals surface area contributed by atoms with E-state index in [4.69, 9.17) is 15.2 Å². The molecule has 2 N–H and O–H groups in total. The van der Waals surface area contributed by atoms with Crippen molar-refractivity contribution < 1.29 is 14.3 Å². The molecule has 4 nitrogen and oxygen atoms in total. The van der Waals surface area contributed by atoms with Gasteiger partial charge in [-0.25, -0.2) is 0 Å². The highest BCUT2D eigenvalue weighted by atomic mass is 16.5. The molecule has 0 saturated heterocycles. The fourth-order valence-corrected chi connectivity index (χ4v) is 1.73. The van der Waals surface area contributed by atoms with Crippen LogP contribution >= 0.6 is 0 Å². The first-order valence-corrected chi connectivity index (χ1v) is 5.56. The summed E-state index contributed by atoms with van der Waals surface area (Å²) in [6.45, 7) is 0.862. The number of esters is 1. The quantitative estimate of drug-likeness (QED) is 0.753. The summed E-state index contributed by atoms with van der Waals surface area (Å²) in [4.78, 5) is 11.4. The van der Waals surface area contributed by atoms with E-state index in [1.54, 1.807) is 7.11 Å². The van der Waals surface area contributed by atoms with Gasteiger partial charge in [-0.05, 0) is 17.5 Å². The van der Waals surface area contributed by atoms with Crippen molar-refractivity contribution >= 4 is 5.97 Å². The second-order valence-corrected chi connectivity index (χ2v) is 3.91. The van der Waals surface area contributed by atoms with E-state index in [1.165, 1.54) is 7.11 Å². The van der Waals surface area contributed by atoms with Crippen LogP contribution in [0.15, 0.2) is 24.3 Å². The van der Waals surface area contributed by atoms with Crippen molar-refractivity contribution in [2.45, 2.75) is 13.0 Å². The average Bonchev–Trinajstić information content (AvgIpc) is 2.36. The van der Waals surface area contributed by atoms with Gasteiger partial charge in [0.15, 0.2) is 0 Å². The third kappa shape index (κ3) is 4.17. The molecule has 0 saturated carbocycles. The monoisotopic (exact) mass is 237 g/mol. The zero-order valence-corrected chi connectivity index (χ0v) is 10.3. The van der Waals surface area contributed by atoms with Crippen molar-refractivity contribution in [2.75, 3.05) is 20.8 Å². The molecule has 0 aliphatic rings. The Hall–Kier alpha value is -1.39. The molecule has 17 heavy (non-hydrogen) atoms. The van der Waals surface area contributed by atoms with Gasteiger partial charge >= 0.3 is 5.97 Å². The molecule has 4 heteroatoms. The molecule has 94 valence electrons. The van der Waals surface area contributed by atoms with E-state index in [9.17, 15) is 4.79 Å². The van der Waals surface area contributed by atoms with Gasteiger partial charge < -0.3 is 15.2 Å². The molecular formula is C13H19NO3. The lowest BCUT2D eigenvalue weighted by molar-refractivity contribution is -0.145. The number of hydrogen-bond donors (Lipinski definition) is 1. The van der Waals surface area contributed by atoms with Crippen molar-refractivity contribution in [1.82, 2.24) is 0 Å². The summed E-state index contributed by atoms with van der Waals surface area (Å²) in [5.74, 6) is -0.539. The topological polar surface area (TPSA) is 61.5 Å². The average molecular weight is 237 g/mol. The normalized spacial score (nSPS) is 12.2. The van der Waals surface area contributed by atoms with Crippen molar-refractivity contribution in [1.29, 1.82) is 0 Å². The first-order valence-electron chi connectivity index (χ1n) is 5.56. The minimum Gasteiger partial charge on any atom is -0.469 e. The van der Waals surface area contributed by atoms with E-state index in [0.717, 1.165) is 11.1 Å². The van der Waals surface area contributed by atoms with Gasteiger partial charge in [-0.3, -0.25) is 4.79 Å². The molecule has 0 aliphatic carbocycles. The first kappa shape index (κ1) is 13.7. The molecule has 0 amide bonds. The number of methoxy groups -OCH3 is 2. The van der Waals surface area contributed by atoms with E-state index in [2.05, 4.69) is 0 Å². The number of rotatable bonds is 6. The number of nitrogens with two attached hydrogens (primary N) is 1. The highest BCUT2D eigenvalue weighted by Crippen LogP contribution is 2.12. The lowest BCUT2D eigenvalue weighted by Crippen LogP contribution is -2.26. The van der Waals surface area contributed by atoms with Crippen LogP contribution in [-0.4, -0.2) is 26.7 Å². The minimum absolute atomic E-state index is 0.260. The van der Waals surface area contributed by atoms with Gasteiger partial charge in [0, 0.05) is 13.7 Å². The SMILES string of the molecule is COCc1cccc(CC(CN)C(=O)OC)c1.